The van der Waals surface area contributed by atoms with Crippen LogP contribution in [0.1, 0.15) is 37.5 Å². The highest BCUT2D eigenvalue weighted by Crippen LogP contribution is 2.38. The van der Waals surface area contributed by atoms with E-state index in [1.807, 2.05) is 19.9 Å². The summed E-state index contributed by atoms with van der Waals surface area (Å²) in [6.07, 6.45) is 0. The molecule has 0 spiro atoms. The Morgan fingerprint density at radius 3 is 2.20 bits per heavy atom. The molecule has 0 heterocycles. The molecule has 1 rings (SSSR count). The van der Waals surface area contributed by atoms with Crippen molar-refractivity contribution in [1.29, 1.82) is 0 Å². The maximum atomic E-state index is 12.7. The molecule has 3 heteroatoms. The summed E-state index contributed by atoms with van der Waals surface area (Å²) in [4.78, 5) is 0.646. The number of hydrogen-bond acceptors (Lipinski definition) is 1. The number of aryl methyl sites for hydroxylation is 1. The van der Waals surface area contributed by atoms with Crippen LogP contribution in [0.25, 0.3) is 0 Å². The number of rotatable bonds is 1. The molecule has 0 radical (unpaired) electrons. The normalized spacial score (nSPS) is 11.9. The van der Waals surface area contributed by atoms with Crippen LogP contribution in [0.4, 0.5) is 3.89 Å². The van der Waals surface area contributed by atoms with Crippen molar-refractivity contribution in [2.45, 2.75) is 44.9 Å². The van der Waals surface area contributed by atoms with Crippen molar-refractivity contribution in [2.75, 3.05) is 0 Å². The molecule has 0 nitrogen and oxygen atoms in total. The molecule has 0 N–H and O–H groups in total. The monoisotopic (exact) mass is 246 g/mol. The van der Waals surface area contributed by atoms with Crippen molar-refractivity contribution < 1.29 is 3.89 Å². The van der Waals surface area contributed by atoms with Crippen LogP contribution in [0.5, 0.6) is 0 Å². The lowest BCUT2D eigenvalue weighted by Gasteiger charge is -2.23. The molecule has 0 unspecified atom stereocenters. The summed E-state index contributed by atoms with van der Waals surface area (Å²) in [5.74, 6) is 0. The van der Waals surface area contributed by atoms with Crippen molar-refractivity contribution in [3.8, 4) is 0 Å². The van der Waals surface area contributed by atoms with E-state index in [9.17, 15) is 3.89 Å². The van der Waals surface area contributed by atoms with E-state index < -0.39 is 0 Å². The molecule has 0 aromatic heterocycles. The van der Waals surface area contributed by atoms with E-state index in [4.69, 9.17) is 11.6 Å². The van der Waals surface area contributed by atoms with E-state index in [2.05, 4.69) is 20.8 Å². The van der Waals surface area contributed by atoms with E-state index >= 15 is 0 Å². The fraction of sp³-hybridized carbons (Fsp3) is 0.500. The van der Waals surface area contributed by atoms with Crippen molar-refractivity contribution in [3.63, 3.8) is 0 Å². The molecule has 0 aliphatic rings. The topological polar surface area (TPSA) is 0 Å². The van der Waals surface area contributed by atoms with E-state index in [0.29, 0.717) is 9.92 Å². The maximum Gasteiger partial charge on any atom is 0.0818 e. The first-order chi connectivity index (χ1) is 6.79. The SMILES string of the molecule is Cc1cc(C(C)(C)C)c(Cl)c(C)c1SF. The minimum Gasteiger partial charge on any atom is -0.160 e. The molecule has 1 aromatic rings. The highest BCUT2D eigenvalue weighted by atomic mass is 35.5. The molecule has 1 aromatic carbocycles. The lowest BCUT2D eigenvalue weighted by atomic mass is 9.85. The van der Waals surface area contributed by atoms with Gasteiger partial charge in [-0.2, -0.15) is 3.89 Å². The van der Waals surface area contributed by atoms with Gasteiger partial charge in [0.2, 0.25) is 0 Å². The summed E-state index contributed by atoms with van der Waals surface area (Å²) < 4.78 is 12.7. The van der Waals surface area contributed by atoms with Crippen LogP contribution in [0, 0.1) is 13.8 Å². The molecule has 0 amide bonds. The third-order valence-electron chi connectivity index (χ3n) is 2.51. The Balaban J connectivity index is 3.48. The predicted octanol–water partition coefficient (Wildman–Crippen LogP) is 5.23. The smallest absolute Gasteiger partial charge is 0.0818 e. The fourth-order valence-electron chi connectivity index (χ4n) is 1.61. The van der Waals surface area contributed by atoms with Gasteiger partial charge < -0.3 is 0 Å². The highest BCUT2D eigenvalue weighted by Gasteiger charge is 2.21. The molecule has 0 saturated heterocycles. The van der Waals surface area contributed by atoms with E-state index in [1.165, 1.54) is 0 Å². The van der Waals surface area contributed by atoms with E-state index in [0.717, 1.165) is 16.7 Å². The molecule has 0 atom stereocenters. The van der Waals surface area contributed by atoms with Gasteiger partial charge in [-0.3, -0.25) is 0 Å². The average molecular weight is 247 g/mol. The second-order valence-electron chi connectivity index (χ2n) is 4.84. The Hall–Kier alpha value is -0.210. The first kappa shape index (κ1) is 12.9. The molecule has 0 fully saturated rings. The van der Waals surface area contributed by atoms with Crippen LogP contribution in [-0.2, 0) is 5.41 Å². The highest BCUT2D eigenvalue weighted by molar-refractivity contribution is 7.94. The molecular formula is C12H16ClFS. The van der Waals surface area contributed by atoms with Crippen molar-refractivity contribution in [2.24, 2.45) is 0 Å². The Bertz CT molecular complexity index is 380. The first-order valence-corrected chi connectivity index (χ1v) is 5.97. The summed E-state index contributed by atoms with van der Waals surface area (Å²) in [7, 11) is 0. The minimum absolute atomic E-state index is 0.00782. The van der Waals surface area contributed by atoms with Gasteiger partial charge >= 0.3 is 0 Å². The van der Waals surface area contributed by atoms with Gasteiger partial charge in [0.15, 0.2) is 0 Å². The van der Waals surface area contributed by atoms with Crippen LogP contribution in [0.3, 0.4) is 0 Å². The van der Waals surface area contributed by atoms with E-state index in [-0.39, 0.29) is 17.6 Å². The van der Waals surface area contributed by atoms with Gasteiger partial charge in [0, 0.05) is 9.92 Å². The van der Waals surface area contributed by atoms with Gasteiger partial charge in [-0.15, -0.1) is 0 Å². The van der Waals surface area contributed by atoms with Crippen molar-refractivity contribution in [3.05, 3.63) is 27.8 Å². The third-order valence-corrected chi connectivity index (χ3v) is 3.78. The number of halogens is 2. The van der Waals surface area contributed by atoms with Gasteiger partial charge in [-0.25, -0.2) is 0 Å². The number of hydrogen-bond donors (Lipinski definition) is 0. The standard InChI is InChI=1S/C12H16ClFS/c1-7-6-9(12(3,4)5)10(13)8(2)11(7)15-14/h6H,1-5H3. The molecule has 15 heavy (non-hydrogen) atoms. The quantitative estimate of drug-likeness (QED) is 0.654. The Morgan fingerprint density at radius 1 is 1.27 bits per heavy atom. The molecule has 0 bridgehead atoms. The van der Waals surface area contributed by atoms with Crippen LogP contribution in [-0.4, -0.2) is 0 Å². The lowest BCUT2D eigenvalue weighted by Crippen LogP contribution is -2.13. The molecule has 0 aliphatic heterocycles. The van der Waals surface area contributed by atoms with Gasteiger partial charge in [0.1, 0.15) is 0 Å². The summed E-state index contributed by atoms with van der Waals surface area (Å²) in [6, 6.07) is 1.98. The Kier molecular flexibility index (Phi) is 3.72. The summed E-state index contributed by atoms with van der Waals surface area (Å²) >= 11 is 6.52. The van der Waals surface area contributed by atoms with Crippen LogP contribution < -0.4 is 0 Å². The maximum absolute atomic E-state index is 12.7. The first-order valence-electron chi connectivity index (χ1n) is 4.87. The Labute approximate surface area is 101 Å². The molecular weight excluding hydrogens is 231 g/mol. The molecule has 0 saturated carbocycles. The van der Waals surface area contributed by atoms with Crippen LogP contribution >= 0.6 is 23.7 Å². The Morgan fingerprint density at radius 2 is 1.80 bits per heavy atom. The zero-order chi connectivity index (χ0) is 11.8. The van der Waals surface area contributed by atoms with Crippen molar-refractivity contribution >= 4 is 23.7 Å². The fourth-order valence-corrected chi connectivity index (χ4v) is 2.49. The third kappa shape index (κ3) is 2.48. The number of benzene rings is 1. The van der Waals surface area contributed by atoms with Gasteiger partial charge in [0.25, 0.3) is 0 Å². The zero-order valence-corrected chi connectivity index (χ0v) is 11.3. The largest absolute Gasteiger partial charge is 0.160 e. The summed E-state index contributed by atoms with van der Waals surface area (Å²) in [5, 5.41) is 0.688. The second-order valence-corrected chi connectivity index (χ2v) is 5.78. The van der Waals surface area contributed by atoms with E-state index in [1.54, 1.807) is 0 Å². The predicted molar refractivity (Wildman–Crippen MR) is 66.6 cm³/mol. The lowest BCUT2D eigenvalue weighted by molar-refractivity contribution is 0.588. The van der Waals surface area contributed by atoms with Crippen LogP contribution in [0.15, 0.2) is 11.0 Å². The van der Waals surface area contributed by atoms with Gasteiger partial charge in [0.05, 0.1) is 12.1 Å². The molecule has 0 aliphatic carbocycles. The van der Waals surface area contributed by atoms with Gasteiger partial charge in [-0.1, -0.05) is 38.4 Å². The molecule has 84 valence electrons. The van der Waals surface area contributed by atoms with Gasteiger partial charge in [-0.05, 0) is 36.0 Å². The summed E-state index contributed by atoms with van der Waals surface area (Å²) in [5.41, 5.74) is 2.87. The van der Waals surface area contributed by atoms with Crippen molar-refractivity contribution in [1.82, 2.24) is 0 Å². The summed E-state index contributed by atoms with van der Waals surface area (Å²) in [6.45, 7) is 10.1. The minimum atomic E-state index is -0.00782. The average Bonchev–Trinajstić information content (AvgIpc) is 2.10. The van der Waals surface area contributed by atoms with Crippen LogP contribution in [0.2, 0.25) is 5.02 Å². The zero-order valence-electron chi connectivity index (χ0n) is 9.74. The second kappa shape index (κ2) is 4.34.